The van der Waals surface area contributed by atoms with Crippen molar-refractivity contribution in [2.75, 3.05) is 7.05 Å². The van der Waals surface area contributed by atoms with Crippen LogP contribution in [0.5, 0.6) is 0 Å². The second kappa shape index (κ2) is 6.05. The third-order valence-corrected chi connectivity index (χ3v) is 3.11. The molecule has 0 aromatic heterocycles. The van der Waals surface area contributed by atoms with Gasteiger partial charge in [-0.05, 0) is 52.1 Å². The number of hydrogen-bond acceptors (Lipinski definition) is 1. The molecular formula is C15H25N. The van der Waals surface area contributed by atoms with E-state index in [0.29, 0.717) is 6.04 Å². The molecule has 16 heavy (non-hydrogen) atoms. The second-order valence-corrected chi connectivity index (χ2v) is 5.23. The fraction of sp³-hybridized carbons (Fsp3) is 0.600. The molecule has 0 heterocycles. The number of aryl methyl sites for hydroxylation is 2. The molecule has 1 rings (SSSR count). The lowest BCUT2D eigenvalue weighted by molar-refractivity contribution is 0.440. The van der Waals surface area contributed by atoms with Gasteiger partial charge in [0.2, 0.25) is 0 Å². The van der Waals surface area contributed by atoms with Gasteiger partial charge in [-0.25, -0.2) is 0 Å². The minimum atomic E-state index is 0.612. The molecule has 0 amide bonds. The van der Waals surface area contributed by atoms with Crippen LogP contribution >= 0.6 is 0 Å². The third-order valence-electron chi connectivity index (χ3n) is 3.11. The van der Waals surface area contributed by atoms with Crippen molar-refractivity contribution in [1.29, 1.82) is 0 Å². The monoisotopic (exact) mass is 219 g/mol. The standard InChI is InChI=1S/C15H25N/c1-11-6-12(2)9-15(8-11)10-13(3)7-14(4)16-5/h6,8-9,13-14,16H,7,10H2,1-5H3. The summed E-state index contributed by atoms with van der Waals surface area (Å²) in [6.45, 7) is 8.94. The Morgan fingerprint density at radius 2 is 1.62 bits per heavy atom. The Balaban J connectivity index is 2.58. The molecule has 0 aliphatic rings. The van der Waals surface area contributed by atoms with Gasteiger partial charge in [0.1, 0.15) is 0 Å². The first-order valence-corrected chi connectivity index (χ1v) is 6.25. The zero-order chi connectivity index (χ0) is 12.1. The van der Waals surface area contributed by atoms with Crippen LogP contribution in [-0.2, 0) is 6.42 Å². The molecule has 1 aromatic carbocycles. The van der Waals surface area contributed by atoms with Gasteiger partial charge < -0.3 is 5.32 Å². The highest BCUT2D eigenvalue weighted by atomic mass is 14.8. The van der Waals surface area contributed by atoms with E-state index in [1.165, 1.54) is 29.5 Å². The minimum Gasteiger partial charge on any atom is -0.317 e. The summed E-state index contributed by atoms with van der Waals surface area (Å²) in [5.74, 6) is 0.739. The number of rotatable bonds is 5. The van der Waals surface area contributed by atoms with E-state index in [0.717, 1.165) is 5.92 Å². The Labute approximate surface area is 100 Å². The number of benzene rings is 1. The van der Waals surface area contributed by atoms with E-state index in [9.17, 15) is 0 Å². The molecule has 0 saturated carbocycles. The summed E-state index contributed by atoms with van der Waals surface area (Å²) in [5.41, 5.74) is 4.24. The molecule has 1 N–H and O–H groups in total. The van der Waals surface area contributed by atoms with Crippen molar-refractivity contribution in [3.8, 4) is 0 Å². The van der Waals surface area contributed by atoms with Gasteiger partial charge in [0.05, 0.1) is 0 Å². The predicted molar refractivity (Wildman–Crippen MR) is 71.9 cm³/mol. The maximum Gasteiger partial charge on any atom is 0.00383 e. The quantitative estimate of drug-likeness (QED) is 0.799. The van der Waals surface area contributed by atoms with Crippen LogP contribution in [0.4, 0.5) is 0 Å². The van der Waals surface area contributed by atoms with Crippen molar-refractivity contribution in [3.63, 3.8) is 0 Å². The average Bonchev–Trinajstić information content (AvgIpc) is 2.15. The number of nitrogens with one attached hydrogen (secondary N) is 1. The Bertz CT molecular complexity index is 310. The summed E-state index contributed by atoms with van der Waals surface area (Å²) in [5, 5.41) is 3.30. The lowest BCUT2D eigenvalue weighted by atomic mass is 9.93. The van der Waals surface area contributed by atoms with Gasteiger partial charge in [0.25, 0.3) is 0 Å². The van der Waals surface area contributed by atoms with Crippen LogP contribution in [0.25, 0.3) is 0 Å². The highest BCUT2D eigenvalue weighted by Gasteiger charge is 2.08. The van der Waals surface area contributed by atoms with Crippen molar-refractivity contribution < 1.29 is 0 Å². The van der Waals surface area contributed by atoms with Crippen LogP contribution < -0.4 is 5.32 Å². The van der Waals surface area contributed by atoms with Crippen molar-refractivity contribution >= 4 is 0 Å². The van der Waals surface area contributed by atoms with E-state index >= 15 is 0 Å². The lowest BCUT2D eigenvalue weighted by Gasteiger charge is -2.17. The summed E-state index contributed by atoms with van der Waals surface area (Å²) in [6.07, 6.45) is 2.43. The first-order valence-electron chi connectivity index (χ1n) is 6.25. The first-order chi connectivity index (χ1) is 7.51. The Morgan fingerprint density at radius 1 is 1.06 bits per heavy atom. The zero-order valence-electron chi connectivity index (χ0n) is 11.3. The molecule has 0 fully saturated rings. The van der Waals surface area contributed by atoms with Crippen LogP contribution in [0.15, 0.2) is 18.2 Å². The highest BCUT2D eigenvalue weighted by molar-refractivity contribution is 5.28. The molecule has 1 nitrogen and oxygen atoms in total. The zero-order valence-corrected chi connectivity index (χ0v) is 11.3. The SMILES string of the molecule is CNC(C)CC(C)Cc1cc(C)cc(C)c1. The molecule has 0 radical (unpaired) electrons. The molecule has 0 bridgehead atoms. The predicted octanol–water partition coefficient (Wildman–Crippen LogP) is 3.48. The molecular weight excluding hydrogens is 194 g/mol. The molecule has 0 aliphatic carbocycles. The average molecular weight is 219 g/mol. The summed E-state index contributed by atoms with van der Waals surface area (Å²) in [7, 11) is 2.04. The molecule has 2 atom stereocenters. The normalized spacial score (nSPS) is 14.8. The Morgan fingerprint density at radius 3 is 2.12 bits per heavy atom. The van der Waals surface area contributed by atoms with Crippen LogP contribution in [0.2, 0.25) is 0 Å². The van der Waals surface area contributed by atoms with Gasteiger partial charge in [-0.2, -0.15) is 0 Å². The van der Waals surface area contributed by atoms with E-state index in [2.05, 4.69) is 51.2 Å². The van der Waals surface area contributed by atoms with E-state index in [4.69, 9.17) is 0 Å². The molecule has 0 saturated heterocycles. The van der Waals surface area contributed by atoms with Crippen molar-refractivity contribution in [2.24, 2.45) is 5.92 Å². The van der Waals surface area contributed by atoms with Crippen LogP contribution in [0.3, 0.4) is 0 Å². The number of hydrogen-bond donors (Lipinski definition) is 1. The van der Waals surface area contributed by atoms with Crippen LogP contribution in [-0.4, -0.2) is 13.1 Å². The van der Waals surface area contributed by atoms with Crippen molar-refractivity contribution in [2.45, 2.75) is 46.6 Å². The maximum absolute atomic E-state index is 3.30. The molecule has 2 unspecified atom stereocenters. The Kier molecular flexibility index (Phi) is 5.01. The van der Waals surface area contributed by atoms with Crippen LogP contribution in [0, 0.1) is 19.8 Å². The largest absolute Gasteiger partial charge is 0.317 e. The highest BCUT2D eigenvalue weighted by Crippen LogP contribution is 2.16. The summed E-state index contributed by atoms with van der Waals surface area (Å²) in [4.78, 5) is 0. The van der Waals surface area contributed by atoms with E-state index < -0.39 is 0 Å². The van der Waals surface area contributed by atoms with E-state index in [1.54, 1.807) is 0 Å². The van der Waals surface area contributed by atoms with Gasteiger partial charge in [-0.1, -0.05) is 36.2 Å². The molecule has 0 spiro atoms. The van der Waals surface area contributed by atoms with Gasteiger partial charge in [0, 0.05) is 6.04 Å². The third kappa shape index (κ3) is 4.36. The van der Waals surface area contributed by atoms with Gasteiger partial charge in [-0.3, -0.25) is 0 Å². The molecule has 1 heteroatoms. The maximum atomic E-state index is 3.30. The smallest absolute Gasteiger partial charge is 0.00383 e. The van der Waals surface area contributed by atoms with Crippen molar-refractivity contribution in [3.05, 3.63) is 34.9 Å². The fourth-order valence-corrected chi connectivity index (χ4v) is 2.39. The van der Waals surface area contributed by atoms with E-state index in [-0.39, 0.29) is 0 Å². The fourth-order valence-electron chi connectivity index (χ4n) is 2.39. The summed E-state index contributed by atoms with van der Waals surface area (Å²) < 4.78 is 0. The van der Waals surface area contributed by atoms with Gasteiger partial charge in [-0.15, -0.1) is 0 Å². The minimum absolute atomic E-state index is 0.612. The lowest BCUT2D eigenvalue weighted by Crippen LogP contribution is -2.24. The van der Waals surface area contributed by atoms with Gasteiger partial charge in [0.15, 0.2) is 0 Å². The molecule has 90 valence electrons. The summed E-state index contributed by atoms with van der Waals surface area (Å²) in [6, 6.07) is 7.48. The van der Waals surface area contributed by atoms with Crippen molar-refractivity contribution in [1.82, 2.24) is 5.32 Å². The Hall–Kier alpha value is -0.820. The second-order valence-electron chi connectivity index (χ2n) is 5.23. The summed E-state index contributed by atoms with van der Waals surface area (Å²) >= 11 is 0. The van der Waals surface area contributed by atoms with E-state index in [1.807, 2.05) is 7.05 Å². The van der Waals surface area contributed by atoms with Crippen LogP contribution in [0.1, 0.15) is 37.0 Å². The topological polar surface area (TPSA) is 12.0 Å². The first kappa shape index (κ1) is 13.2. The molecule has 1 aromatic rings. The molecule has 0 aliphatic heterocycles. The van der Waals surface area contributed by atoms with Gasteiger partial charge >= 0.3 is 0 Å².